The lowest BCUT2D eigenvalue weighted by molar-refractivity contribution is -0.158. The molecule has 4 fully saturated rings. The van der Waals surface area contributed by atoms with Crippen LogP contribution in [-0.2, 0) is 4.79 Å². The number of hydrogen-bond acceptors (Lipinski definition) is 2. The zero-order chi connectivity index (χ0) is 21.8. The van der Waals surface area contributed by atoms with Crippen molar-refractivity contribution >= 4 is 17.7 Å². The van der Waals surface area contributed by atoms with Crippen LogP contribution < -0.4 is 0 Å². The van der Waals surface area contributed by atoms with Gasteiger partial charge in [-0.25, -0.2) is 0 Å². The second-order valence-corrected chi connectivity index (χ2v) is 12.9. The fourth-order valence-electron chi connectivity index (χ4n) is 8.99. The van der Waals surface area contributed by atoms with E-state index in [1.54, 1.807) is 0 Å². The van der Waals surface area contributed by atoms with Crippen molar-refractivity contribution in [2.75, 3.05) is 12.8 Å². The molecule has 5 rings (SSSR count). The molecule has 1 aromatic carbocycles. The van der Waals surface area contributed by atoms with Crippen LogP contribution >= 0.6 is 11.8 Å². The summed E-state index contributed by atoms with van der Waals surface area (Å²) in [6.45, 7) is 7.74. The number of likely N-dealkylation sites (tertiary alicyclic amines) is 1. The minimum atomic E-state index is 0.347. The molecule has 0 bridgehead atoms. The molecule has 3 heteroatoms. The molecule has 1 saturated heterocycles. The molecule has 1 aromatic rings. The van der Waals surface area contributed by atoms with Gasteiger partial charge < -0.3 is 4.90 Å². The lowest BCUT2D eigenvalue weighted by Crippen LogP contribution is -2.61. The van der Waals surface area contributed by atoms with Gasteiger partial charge in [0.2, 0.25) is 5.91 Å². The number of amides is 1. The number of fused-ring (bicyclic) bond motifs is 5. The first-order valence-corrected chi connectivity index (χ1v) is 13.8. The molecular formula is C28H41NOS. The van der Waals surface area contributed by atoms with E-state index in [2.05, 4.69) is 74.8 Å². The minimum Gasteiger partial charge on any atom is -0.342 e. The number of thioether (sulfide) groups is 1. The van der Waals surface area contributed by atoms with Gasteiger partial charge in [0, 0.05) is 30.2 Å². The van der Waals surface area contributed by atoms with E-state index < -0.39 is 0 Å². The van der Waals surface area contributed by atoms with Crippen molar-refractivity contribution in [2.24, 2.45) is 40.4 Å². The van der Waals surface area contributed by atoms with Gasteiger partial charge in [-0.05, 0) is 97.5 Å². The third-order valence-electron chi connectivity index (χ3n) is 10.6. The van der Waals surface area contributed by atoms with Crippen LogP contribution in [0.2, 0.25) is 0 Å². The average Bonchev–Trinajstić information content (AvgIpc) is 3.13. The number of benzene rings is 1. The van der Waals surface area contributed by atoms with Crippen LogP contribution in [0.15, 0.2) is 35.2 Å². The van der Waals surface area contributed by atoms with Crippen LogP contribution in [-0.4, -0.2) is 29.6 Å². The van der Waals surface area contributed by atoms with Gasteiger partial charge in [-0.1, -0.05) is 39.0 Å². The minimum absolute atomic E-state index is 0.347. The van der Waals surface area contributed by atoms with E-state index >= 15 is 0 Å². The molecule has 3 aliphatic carbocycles. The molecule has 8 atom stereocenters. The van der Waals surface area contributed by atoms with E-state index in [0.29, 0.717) is 22.8 Å². The van der Waals surface area contributed by atoms with E-state index in [4.69, 9.17) is 0 Å². The van der Waals surface area contributed by atoms with Crippen molar-refractivity contribution in [2.45, 2.75) is 83.1 Å². The Labute approximate surface area is 193 Å². The maximum Gasteiger partial charge on any atom is 0.222 e. The number of carbonyl (C=O) groups excluding carboxylic acids is 1. The standard InChI is InChI=1S/C28H41NOS/c1-19(18-31-20-8-6-5-7-9-20)22-11-12-23-21-10-13-25-28(3,17-15-26(30)29(25)4)24(21)14-16-27(22,23)2/h5-9,19,21-25H,10-18H2,1-4H3/t19?,21-,22+,23-,24-,25+,27+,28+/m0/s1. The summed E-state index contributed by atoms with van der Waals surface area (Å²) in [6, 6.07) is 11.4. The molecule has 3 saturated carbocycles. The first kappa shape index (κ1) is 21.9. The van der Waals surface area contributed by atoms with E-state index in [1.165, 1.54) is 49.2 Å². The summed E-state index contributed by atoms with van der Waals surface area (Å²) in [4.78, 5) is 15.9. The summed E-state index contributed by atoms with van der Waals surface area (Å²) in [7, 11) is 2.08. The van der Waals surface area contributed by atoms with Crippen LogP contribution in [0.3, 0.4) is 0 Å². The highest BCUT2D eigenvalue weighted by Gasteiger charge is 2.61. The Morgan fingerprint density at radius 2 is 1.74 bits per heavy atom. The van der Waals surface area contributed by atoms with Crippen molar-refractivity contribution in [3.8, 4) is 0 Å². The Morgan fingerprint density at radius 3 is 2.52 bits per heavy atom. The van der Waals surface area contributed by atoms with E-state index in [0.717, 1.165) is 42.4 Å². The van der Waals surface area contributed by atoms with E-state index in [-0.39, 0.29) is 0 Å². The molecule has 1 unspecified atom stereocenters. The lowest BCUT2D eigenvalue weighted by Gasteiger charge is -2.62. The van der Waals surface area contributed by atoms with E-state index in [1.807, 2.05) is 0 Å². The van der Waals surface area contributed by atoms with Gasteiger partial charge in [0.25, 0.3) is 0 Å². The van der Waals surface area contributed by atoms with Crippen LogP contribution in [0.5, 0.6) is 0 Å². The van der Waals surface area contributed by atoms with Gasteiger partial charge in [-0.2, -0.15) is 0 Å². The topological polar surface area (TPSA) is 20.3 Å². The van der Waals surface area contributed by atoms with Gasteiger partial charge in [0.05, 0.1) is 0 Å². The average molecular weight is 440 g/mol. The van der Waals surface area contributed by atoms with Gasteiger partial charge in [-0.15, -0.1) is 11.8 Å². The third kappa shape index (κ3) is 3.49. The smallest absolute Gasteiger partial charge is 0.222 e. The molecule has 0 spiro atoms. The van der Waals surface area contributed by atoms with Gasteiger partial charge >= 0.3 is 0 Å². The fraction of sp³-hybridized carbons (Fsp3) is 0.750. The molecule has 4 aliphatic rings. The van der Waals surface area contributed by atoms with Crippen LogP contribution in [0.25, 0.3) is 0 Å². The summed E-state index contributed by atoms with van der Waals surface area (Å²) < 4.78 is 0. The molecule has 0 radical (unpaired) electrons. The van der Waals surface area contributed by atoms with Crippen LogP contribution in [0.4, 0.5) is 0 Å². The molecular weight excluding hydrogens is 398 g/mol. The normalized spacial score (nSPS) is 43.2. The van der Waals surface area contributed by atoms with E-state index in [9.17, 15) is 4.79 Å². The Bertz CT molecular complexity index is 810. The highest BCUT2D eigenvalue weighted by Crippen LogP contribution is 2.67. The Morgan fingerprint density at radius 1 is 1.00 bits per heavy atom. The predicted octanol–water partition coefficient (Wildman–Crippen LogP) is 6.89. The second kappa shape index (κ2) is 8.12. The second-order valence-electron chi connectivity index (χ2n) is 11.8. The quantitative estimate of drug-likeness (QED) is 0.476. The maximum atomic E-state index is 12.4. The monoisotopic (exact) mass is 439 g/mol. The highest BCUT2D eigenvalue weighted by atomic mass is 32.2. The van der Waals surface area contributed by atoms with Gasteiger partial charge in [0.15, 0.2) is 0 Å². The van der Waals surface area contributed by atoms with Crippen LogP contribution in [0, 0.1) is 40.4 Å². The number of hydrogen-bond donors (Lipinski definition) is 0. The summed E-state index contributed by atoms with van der Waals surface area (Å²) in [5.41, 5.74) is 0.872. The molecule has 31 heavy (non-hydrogen) atoms. The van der Waals surface area contributed by atoms with Crippen molar-refractivity contribution in [3.05, 3.63) is 30.3 Å². The number of nitrogens with zero attached hydrogens (tertiary/aromatic N) is 1. The summed E-state index contributed by atoms with van der Waals surface area (Å²) in [5.74, 6) is 5.90. The molecule has 170 valence electrons. The molecule has 1 aliphatic heterocycles. The molecule has 2 nitrogen and oxygen atoms in total. The Balaban J connectivity index is 1.31. The van der Waals surface area contributed by atoms with Crippen LogP contribution in [0.1, 0.15) is 72.1 Å². The third-order valence-corrected chi connectivity index (χ3v) is 11.9. The highest BCUT2D eigenvalue weighted by molar-refractivity contribution is 7.99. The molecule has 1 heterocycles. The maximum absolute atomic E-state index is 12.4. The van der Waals surface area contributed by atoms with Crippen molar-refractivity contribution < 1.29 is 4.79 Å². The van der Waals surface area contributed by atoms with Crippen molar-refractivity contribution in [1.29, 1.82) is 0 Å². The largest absolute Gasteiger partial charge is 0.342 e. The SMILES string of the molecule is CC(CSc1ccccc1)[C@H]1CC[C@H]2[C@@H]3CC[C@H]4N(C)C(=O)CC[C@]4(C)[C@H]3CC[C@]12C. The molecule has 1 amide bonds. The first-order valence-electron chi connectivity index (χ1n) is 12.8. The number of rotatable bonds is 4. The van der Waals surface area contributed by atoms with Crippen molar-refractivity contribution in [3.63, 3.8) is 0 Å². The summed E-state index contributed by atoms with van der Waals surface area (Å²) in [6.07, 6.45) is 10.1. The van der Waals surface area contributed by atoms with Gasteiger partial charge in [0.1, 0.15) is 0 Å². The number of carbonyl (C=O) groups is 1. The zero-order valence-electron chi connectivity index (χ0n) is 20.0. The number of piperidine rings is 1. The molecule has 0 aromatic heterocycles. The van der Waals surface area contributed by atoms with Gasteiger partial charge in [-0.3, -0.25) is 4.79 Å². The molecule has 0 N–H and O–H groups in total. The first-order chi connectivity index (χ1) is 14.8. The Hall–Kier alpha value is -0.960. The zero-order valence-corrected chi connectivity index (χ0v) is 20.8. The predicted molar refractivity (Wildman–Crippen MR) is 130 cm³/mol. The Kier molecular flexibility index (Phi) is 5.72. The fourth-order valence-corrected chi connectivity index (χ4v) is 10.0. The lowest BCUT2D eigenvalue weighted by atomic mass is 9.46. The van der Waals surface area contributed by atoms with Crippen molar-refractivity contribution in [1.82, 2.24) is 4.90 Å². The summed E-state index contributed by atoms with van der Waals surface area (Å²) in [5, 5.41) is 0. The summed E-state index contributed by atoms with van der Waals surface area (Å²) >= 11 is 2.05.